The highest BCUT2D eigenvalue weighted by Gasteiger charge is 1.97. The maximum Gasteiger partial charge on any atom is 0.158 e. The second kappa shape index (κ2) is 4.23. The van der Waals surface area contributed by atoms with Gasteiger partial charge in [-0.2, -0.15) is 0 Å². The number of pyridine rings is 1. The topological polar surface area (TPSA) is 28.5 Å². The third kappa shape index (κ3) is 3.03. The van der Waals surface area contributed by atoms with Gasteiger partial charge < -0.3 is 4.90 Å². The molecule has 1 heterocycles. The predicted octanol–water partition coefficient (Wildman–Crippen LogP) is 2.26. The molecule has 0 aliphatic carbocycles. The van der Waals surface area contributed by atoms with Crippen molar-refractivity contribution >= 4 is 23.8 Å². The second-order valence-electron chi connectivity index (χ2n) is 2.98. The van der Waals surface area contributed by atoms with Gasteiger partial charge in [-0.25, -0.2) is 9.98 Å². The molecule has 70 valence electrons. The Balaban J connectivity index is 2.93. The summed E-state index contributed by atoms with van der Waals surface area (Å²) in [5.74, 6) is 0.668. The fraction of sp³-hybridized carbons (Fsp3) is 0.333. The first kappa shape index (κ1) is 9.99. The molecule has 1 rings (SSSR count). The van der Waals surface area contributed by atoms with Crippen molar-refractivity contribution in [3.63, 3.8) is 0 Å². The average molecular weight is 198 g/mol. The number of nitrogens with zero attached hydrogens (tertiary/aromatic N) is 3. The van der Waals surface area contributed by atoms with Gasteiger partial charge in [-0.15, -0.1) is 0 Å². The summed E-state index contributed by atoms with van der Waals surface area (Å²) in [6.45, 7) is 1.95. The SMILES string of the molecule is Cc1ccc(Cl)nc1/N=C/N(C)C. The molecule has 0 saturated heterocycles. The van der Waals surface area contributed by atoms with Crippen LogP contribution in [0.25, 0.3) is 0 Å². The van der Waals surface area contributed by atoms with Crippen molar-refractivity contribution in [2.75, 3.05) is 14.1 Å². The molecule has 4 heteroatoms. The molecular weight excluding hydrogens is 186 g/mol. The molecule has 13 heavy (non-hydrogen) atoms. The Hall–Kier alpha value is -1.09. The van der Waals surface area contributed by atoms with Crippen molar-refractivity contribution < 1.29 is 0 Å². The molecular formula is C9H12ClN3. The fourth-order valence-corrected chi connectivity index (χ4v) is 0.939. The van der Waals surface area contributed by atoms with Gasteiger partial charge in [0.05, 0.1) is 6.34 Å². The number of hydrogen-bond acceptors (Lipinski definition) is 2. The Bertz CT molecular complexity index is 321. The van der Waals surface area contributed by atoms with E-state index in [1.165, 1.54) is 0 Å². The summed E-state index contributed by atoms with van der Waals surface area (Å²) >= 11 is 5.73. The highest BCUT2D eigenvalue weighted by atomic mass is 35.5. The third-order valence-corrected chi connectivity index (χ3v) is 1.66. The monoisotopic (exact) mass is 197 g/mol. The quantitative estimate of drug-likeness (QED) is 0.414. The molecule has 0 aliphatic heterocycles. The number of aliphatic imine (C=N–C) groups is 1. The first-order chi connectivity index (χ1) is 6.09. The molecule has 0 N–H and O–H groups in total. The molecule has 0 bridgehead atoms. The van der Waals surface area contributed by atoms with Crippen LogP contribution in [0, 0.1) is 6.92 Å². The van der Waals surface area contributed by atoms with E-state index in [0.29, 0.717) is 11.0 Å². The minimum atomic E-state index is 0.469. The van der Waals surface area contributed by atoms with Gasteiger partial charge in [-0.05, 0) is 18.6 Å². The van der Waals surface area contributed by atoms with Crippen LogP contribution in [0.4, 0.5) is 5.82 Å². The van der Waals surface area contributed by atoms with Gasteiger partial charge in [0.2, 0.25) is 0 Å². The summed E-state index contributed by atoms with van der Waals surface area (Å²) in [6, 6.07) is 3.66. The van der Waals surface area contributed by atoms with E-state index in [0.717, 1.165) is 5.56 Å². The summed E-state index contributed by atoms with van der Waals surface area (Å²) in [7, 11) is 3.81. The van der Waals surface area contributed by atoms with Crippen LogP contribution in [0.1, 0.15) is 5.56 Å². The van der Waals surface area contributed by atoms with Crippen LogP contribution in [0.15, 0.2) is 17.1 Å². The second-order valence-corrected chi connectivity index (χ2v) is 3.37. The van der Waals surface area contributed by atoms with E-state index in [4.69, 9.17) is 11.6 Å². The Morgan fingerprint density at radius 2 is 2.15 bits per heavy atom. The molecule has 3 nitrogen and oxygen atoms in total. The van der Waals surface area contributed by atoms with Gasteiger partial charge in [0, 0.05) is 14.1 Å². The van der Waals surface area contributed by atoms with Crippen LogP contribution in [0.2, 0.25) is 5.15 Å². The molecule has 0 spiro atoms. The molecule has 0 fully saturated rings. The summed E-state index contributed by atoms with van der Waals surface area (Å²) in [5, 5.41) is 0.469. The van der Waals surface area contributed by atoms with Gasteiger partial charge in [0.25, 0.3) is 0 Å². The third-order valence-electron chi connectivity index (χ3n) is 1.45. The molecule has 0 saturated carbocycles. The summed E-state index contributed by atoms with van der Waals surface area (Å²) in [6.07, 6.45) is 1.70. The van der Waals surface area contributed by atoms with Crippen LogP contribution in [0.3, 0.4) is 0 Å². The molecule has 0 amide bonds. The molecule has 0 unspecified atom stereocenters. The molecule has 0 aliphatic rings. The normalized spacial score (nSPS) is 10.8. The lowest BCUT2D eigenvalue weighted by Gasteiger charge is -2.03. The Kier molecular flexibility index (Phi) is 3.25. The van der Waals surface area contributed by atoms with Crippen molar-refractivity contribution in [2.24, 2.45) is 4.99 Å². The zero-order valence-electron chi connectivity index (χ0n) is 7.95. The van der Waals surface area contributed by atoms with E-state index < -0.39 is 0 Å². The van der Waals surface area contributed by atoms with Gasteiger partial charge in [0.1, 0.15) is 5.15 Å². The fourth-order valence-electron chi connectivity index (χ4n) is 0.796. The van der Waals surface area contributed by atoms with E-state index in [2.05, 4.69) is 9.98 Å². The van der Waals surface area contributed by atoms with Crippen LogP contribution in [-0.4, -0.2) is 30.3 Å². The summed E-state index contributed by atoms with van der Waals surface area (Å²) in [4.78, 5) is 10.1. The zero-order chi connectivity index (χ0) is 9.84. The van der Waals surface area contributed by atoms with Gasteiger partial charge in [0.15, 0.2) is 5.82 Å². The van der Waals surface area contributed by atoms with Crippen molar-refractivity contribution in [3.8, 4) is 0 Å². The Morgan fingerprint density at radius 1 is 1.46 bits per heavy atom. The number of aryl methyl sites for hydroxylation is 1. The van der Waals surface area contributed by atoms with Crippen LogP contribution in [-0.2, 0) is 0 Å². The minimum absolute atomic E-state index is 0.469. The smallest absolute Gasteiger partial charge is 0.158 e. The Labute approximate surface area is 83.1 Å². The average Bonchev–Trinajstić information content (AvgIpc) is 2.06. The van der Waals surface area contributed by atoms with Gasteiger partial charge in [-0.1, -0.05) is 17.7 Å². The number of aromatic nitrogens is 1. The maximum absolute atomic E-state index is 5.73. The van der Waals surface area contributed by atoms with Gasteiger partial charge >= 0.3 is 0 Å². The lowest BCUT2D eigenvalue weighted by molar-refractivity contribution is 0.643. The van der Waals surface area contributed by atoms with Crippen molar-refractivity contribution in [2.45, 2.75) is 6.92 Å². The van der Waals surface area contributed by atoms with Gasteiger partial charge in [-0.3, -0.25) is 0 Å². The van der Waals surface area contributed by atoms with E-state index in [9.17, 15) is 0 Å². The van der Waals surface area contributed by atoms with E-state index in [-0.39, 0.29) is 0 Å². The number of rotatable bonds is 2. The van der Waals surface area contributed by atoms with Crippen LogP contribution < -0.4 is 0 Å². The van der Waals surface area contributed by atoms with Crippen molar-refractivity contribution in [3.05, 3.63) is 22.8 Å². The lowest BCUT2D eigenvalue weighted by atomic mass is 10.3. The van der Waals surface area contributed by atoms with Crippen molar-refractivity contribution in [1.82, 2.24) is 9.88 Å². The minimum Gasteiger partial charge on any atom is -0.369 e. The Morgan fingerprint density at radius 3 is 2.77 bits per heavy atom. The molecule has 1 aromatic rings. The molecule has 0 atom stereocenters. The standard InChI is InChI=1S/C9H12ClN3/c1-7-4-5-8(10)12-9(7)11-6-13(2)3/h4-6H,1-3H3/b11-6+. The van der Waals surface area contributed by atoms with Crippen LogP contribution >= 0.6 is 11.6 Å². The highest BCUT2D eigenvalue weighted by Crippen LogP contribution is 2.17. The molecule has 1 aromatic heterocycles. The first-order valence-corrected chi connectivity index (χ1v) is 4.31. The largest absolute Gasteiger partial charge is 0.369 e. The first-order valence-electron chi connectivity index (χ1n) is 3.93. The lowest BCUT2D eigenvalue weighted by Crippen LogP contribution is -2.07. The number of halogens is 1. The predicted molar refractivity (Wildman–Crippen MR) is 55.8 cm³/mol. The van der Waals surface area contributed by atoms with E-state index in [1.54, 1.807) is 12.4 Å². The van der Waals surface area contributed by atoms with Crippen molar-refractivity contribution in [1.29, 1.82) is 0 Å². The maximum atomic E-state index is 5.73. The van der Waals surface area contributed by atoms with E-state index >= 15 is 0 Å². The summed E-state index contributed by atoms with van der Waals surface area (Å²) in [5.41, 5.74) is 1.02. The molecule has 0 radical (unpaired) electrons. The van der Waals surface area contributed by atoms with E-state index in [1.807, 2.05) is 32.0 Å². The molecule has 0 aromatic carbocycles. The zero-order valence-corrected chi connectivity index (χ0v) is 8.71. The highest BCUT2D eigenvalue weighted by molar-refractivity contribution is 6.29. The van der Waals surface area contributed by atoms with Crippen LogP contribution in [0.5, 0.6) is 0 Å². The summed E-state index contributed by atoms with van der Waals surface area (Å²) < 4.78 is 0. The number of hydrogen-bond donors (Lipinski definition) is 0.